The molecule has 0 bridgehead atoms. The molecule has 0 saturated carbocycles. The minimum atomic E-state index is -0.363. The number of allylic oxidation sites excluding steroid dienone is 1. The Bertz CT molecular complexity index is 656. The number of nitrogens with one attached hydrogen (secondary N) is 1. The van der Waals surface area contributed by atoms with Crippen LogP contribution in [0.4, 0.5) is 4.39 Å². The lowest BCUT2D eigenvalue weighted by atomic mass is 10.2. The Morgan fingerprint density at radius 1 is 1.48 bits per heavy atom. The molecule has 1 N–H and O–H groups in total. The lowest BCUT2D eigenvalue weighted by Gasteiger charge is -2.08. The molecule has 0 aliphatic carbocycles. The van der Waals surface area contributed by atoms with Gasteiger partial charge in [-0.1, -0.05) is 30.0 Å². The fourth-order valence-electron chi connectivity index (χ4n) is 1.73. The van der Waals surface area contributed by atoms with Crippen LogP contribution in [0.1, 0.15) is 0 Å². The van der Waals surface area contributed by atoms with Crippen LogP contribution in [0, 0.1) is 5.82 Å². The Morgan fingerprint density at radius 3 is 2.90 bits per heavy atom. The quantitative estimate of drug-likeness (QED) is 0.656. The van der Waals surface area contributed by atoms with Crippen molar-refractivity contribution in [2.75, 3.05) is 12.8 Å². The summed E-state index contributed by atoms with van der Waals surface area (Å²) in [6.45, 7) is 4.12. The normalized spacial score (nSPS) is 10.4. The maximum atomic E-state index is 13.9. The van der Waals surface area contributed by atoms with E-state index in [0.29, 0.717) is 23.1 Å². The van der Waals surface area contributed by atoms with E-state index < -0.39 is 0 Å². The van der Waals surface area contributed by atoms with Gasteiger partial charge >= 0.3 is 0 Å². The Labute approximate surface area is 126 Å². The van der Waals surface area contributed by atoms with Gasteiger partial charge in [0.25, 0.3) is 0 Å². The SMILES string of the molecule is C=CCn1c(SCC(=O)NC)nnc1-c1ccccc1F. The molecule has 7 heteroatoms. The molecule has 1 amide bonds. The van der Waals surface area contributed by atoms with Gasteiger partial charge in [-0.05, 0) is 12.1 Å². The summed E-state index contributed by atoms with van der Waals surface area (Å²) < 4.78 is 15.6. The average molecular weight is 306 g/mol. The lowest BCUT2D eigenvalue weighted by Crippen LogP contribution is -2.20. The van der Waals surface area contributed by atoms with E-state index in [1.807, 2.05) is 0 Å². The number of aromatic nitrogens is 3. The van der Waals surface area contributed by atoms with Gasteiger partial charge in [0.05, 0.1) is 11.3 Å². The van der Waals surface area contributed by atoms with Gasteiger partial charge < -0.3 is 5.32 Å². The Balaban J connectivity index is 2.35. The smallest absolute Gasteiger partial charge is 0.230 e. The van der Waals surface area contributed by atoms with Crippen molar-refractivity contribution in [1.29, 1.82) is 0 Å². The molecule has 2 aromatic rings. The van der Waals surface area contributed by atoms with E-state index in [1.54, 1.807) is 35.9 Å². The molecule has 0 unspecified atom stereocenters. The first-order chi connectivity index (χ1) is 10.2. The number of thioether (sulfide) groups is 1. The summed E-state index contributed by atoms with van der Waals surface area (Å²) in [5, 5.41) is 11.2. The topological polar surface area (TPSA) is 59.8 Å². The summed E-state index contributed by atoms with van der Waals surface area (Å²) in [5.41, 5.74) is 0.374. The molecule has 1 aromatic heterocycles. The second-order valence-corrected chi connectivity index (χ2v) is 5.09. The van der Waals surface area contributed by atoms with E-state index in [2.05, 4.69) is 22.1 Å². The average Bonchev–Trinajstić information content (AvgIpc) is 2.88. The maximum Gasteiger partial charge on any atom is 0.230 e. The van der Waals surface area contributed by atoms with E-state index in [0.717, 1.165) is 0 Å². The number of rotatable bonds is 6. The molecule has 1 heterocycles. The summed E-state index contributed by atoms with van der Waals surface area (Å²) in [7, 11) is 1.57. The Hall–Kier alpha value is -2.15. The van der Waals surface area contributed by atoms with Crippen LogP contribution in [0.15, 0.2) is 42.1 Å². The van der Waals surface area contributed by atoms with Gasteiger partial charge in [0, 0.05) is 13.6 Å². The number of benzene rings is 1. The number of hydrogen-bond donors (Lipinski definition) is 1. The van der Waals surface area contributed by atoms with E-state index in [9.17, 15) is 9.18 Å². The van der Waals surface area contributed by atoms with Crippen molar-refractivity contribution in [3.05, 3.63) is 42.7 Å². The zero-order chi connectivity index (χ0) is 15.2. The van der Waals surface area contributed by atoms with E-state index in [4.69, 9.17) is 0 Å². The largest absolute Gasteiger partial charge is 0.358 e. The molecule has 0 saturated heterocycles. The van der Waals surface area contributed by atoms with Crippen LogP contribution in [0.25, 0.3) is 11.4 Å². The number of carbonyl (C=O) groups is 1. The summed E-state index contributed by atoms with van der Waals surface area (Å²) in [5.74, 6) is 0.175. The third-order valence-electron chi connectivity index (χ3n) is 2.75. The molecule has 110 valence electrons. The van der Waals surface area contributed by atoms with Crippen LogP contribution in [-0.4, -0.2) is 33.5 Å². The van der Waals surface area contributed by atoms with Crippen molar-refractivity contribution in [2.24, 2.45) is 0 Å². The first-order valence-corrected chi connectivity index (χ1v) is 7.28. The predicted octanol–water partition coefficient (Wildman–Crippen LogP) is 2.11. The number of carbonyl (C=O) groups excluding carboxylic acids is 1. The van der Waals surface area contributed by atoms with Crippen LogP contribution in [-0.2, 0) is 11.3 Å². The molecule has 0 radical (unpaired) electrons. The van der Waals surface area contributed by atoms with Crippen molar-refractivity contribution in [3.8, 4) is 11.4 Å². The molecule has 21 heavy (non-hydrogen) atoms. The van der Waals surface area contributed by atoms with Crippen LogP contribution in [0.3, 0.4) is 0 Å². The first-order valence-electron chi connectivity index (χ1n) is 6.29. The zero-order valence-electron chi connectivity index (χ0n) is 11.5. The van der Waals surface area contributed by atoms with Gasteiger partial charge in [0.15, 0.2) is 11.0 Å². The second kappa shape index (κ2) is 7.03. The van der Waals surface area contributed by atoms with Crippen molar-refractivity contribution in [3.63, 3.8) is 0 Å². The highest BCUT2D eigenvalue weighted by molar-refractivity contribution is 7.99. The number of nitrogens with zero attached hydrogens (tertiary/aromatic N) is 3. The van der Waals surface area contributed by atoms with Crippen LogP contribution < -0.4 is 5.32 Å². The minimum Gasteiger partial charge on any atom is -0.358 e. The summed E-state index contributed by atoms with van der Waals surface area (Å²) >= 11 is 1.25. The molecular formula is C14H15FN4OS. The standard InChI is InChI=1S/C14H15FN4OS/c1-3-8-19-13(10-6-4-5-7-11(10)15)17-18-14(19)21-9-12(20)16-2/h3-7H,1,8-9H2,2H3,(H,16,20). The monoisotopic (exact) mass is 306 g/mol. The van der Waals surface area contributed by atoms with Gasteiger partial charge in [0.2, 0.25) is 5.91 Å². The maximum absolute atomic E-state index is 13.9. The van der Waals surface area contributed by atoms with Crippen LogP contribution in [0.5, 0.6) is 0 Å². The fraction of sp³-hybridized carbons (Fsp3) is 0.214. The van der Waals surface area contributed by atoms with Crippen LogP contribution >= 0.6 is 11.8 Å². The molecule has 0 fully saturated rings. The van der Waals surface area contributed by atoms with Crippen molar-refractivity contribution < 1.29 is 9.18 Å². The van der Waals surface area contributed by atoms with Gasteiger partial charge in [-0.15, -0.1) is 16.8 Å². The van der Waals surface area contributed by atoms with Crippen molar-refractivity contribution >= 4 is 17.7 Å². The molecule has 2 rings (SSSR count). The summed E-state index contributed by atoms with van der Waals surface area (Å²) in [6.07, 6.45) is 1.68. The minimum absolute atomic E-state index is 0.111. The van der Waals surface area contributed by atoms with E-state index >= 15 is 0 Å². The summed E-state index contributed by atoms with van der Waals surface area (Å²) in [6, 6.07) is 6.38. The molecule has 0 aliphatic heterocycles. The fourth-order valence-corrected chi connectivity index (χ4v) is 2.55. The Morgan fingerprint density at radius 2 is 2.24 bits per heavy atom. The molecule has 0 spiro atoms. The lowest BCUT2D eigenvalue weighted by molar-refractivity contribution is -0.118. The molecule has 0 aliphatic rings. The van der Waals surface area contributed by atoms with Gasteiger partial charge in [-0.25, -0.2) is 4.39 Å². The Kier molecular flexibility index (Phi) is 5.10. The second-order valence-electron chi connectivity index (χ2n) is 4.15. The highest BCUT2D eigenvalue weighted by atomic mass is 32.2. The zero-order valence-corrected chi connectivity index (χ0v) is 12.4. The number of hydrogen-bond acceptors (Lipinski definition) is 4. The van der Waals surface area contributed by atoms with Gasteiger partial charge in [-0.3, -0.25) is 9.36 Å². The highest BCUT2D eigenvalue weighted by Crippen LogP contribution is 2.25. The number of halogens is 1. The van der Waals surface area contributed by atoms with Crippen molar-refractivity contribution in [2.45, 2.75) is 11.7 Å². The molecule has 5 nitrogen and oxygen atoms in total. The van der Waals surface area contributed by atoms with E-state index in [1.165, 1.54) is 17.8 Å². The third kappa shape index (κ3) is 3.49. The van der Waals surface area contributed by atoms with Crippen LogP contribution in [0.2, 0.25) is 0 Å². The third-order valence-corrected chi connectivity index (χ3v) is 3.72. The number of amides is 1. The molecule has 1 aromatic carbocycles. The van der Waals surface area contributed by atoms with E-state index in [-0.39, 0.29) is 17.5 Å². The van der Waals surface area contributed by atoms with Crippen molar-refractivity contribution in [1.82, 2.24) is 20.1 Å². The highest BCUT2D eigenvalue weighted by Gasteiger charge is 2.16. The predicted molar refractivity (Wildman–Crippen MR) is 80.4 cm³/mol. The molecular weight excluding hydrogens is 291 g/mol. The summed E-state index contributed by atoms with van der Waals surface area (Å²) in [4.78, 5) is 11.3. The van der Waals surface area contributed by atoms with Gasteiger partial charge in [-0.2, -0.15) is 0 Å². The molecule has 0 atom stereocenters. The first kappa shape index (κ1) is 15.2. The van der Waals surface area contributed by atoms with Gasteiger partial charge in [0.1, 0.15) is 5.82 Å².